The van der Waals surface area contributed by atoms with Crippen LogP contribution in [0.3, 0.4) is 0 Å². The molecule has 0 unspecified atom stereocenters. The van der Waals surface area contributed by atoms with E-state index in [1.165, 1.54) is 4.31 Å². The van der Waals surface area contributed by atoms with Gasteiger partial charge in [0, 0.05) is 19.0 Å². The van der Waals surface area contributed by atoms with Gasteiger partial charge in [-0.1, -0.05) is 20.8 Å². The molecule has 6 heteroatoms. The SMILES string of the molecule is CC(C)N(CCCC(=O)O)S(=O)(=O)CCC(C)(C)C. The van der Waals surface area contributed by atoms with Crippen LogP contribution in [0.5, 0.6) is 0 Å². The monoisotopic (exact) mass is 293 g/mol. The van der Waals surface area contributed by atoms with Crippen molar-refractivity contribution in [3.63, 3.8) is 0 Å². The van der Waals surface area contributed by atoms with Crippen LogP contribution in [0.4, 0.5) is 0 Å². The van der Waals surface area contributed by atoms with Crippen molar-refractivity contribution in [1.29, 1.82) is 0 Å². The molecule has 0 aliphatic rings. The molecule has 0 aromatic carbocycles. The number of carboxylic acid groups (broad SMARTS) is 1. The average Bonchev–Trinajstić information content (AvgIpc) is 2.19. The maximum atomic E-state index is 12.3. The highest BCUT2D eigenvalue weighted by molar-refractivity contribution is 7.89. The van der Waals surface area contributed by atoms with Gasteiger partial charge >= 0.3 is 5.97 Å². The van der Waals surface area contributed by atoms with E-state index in [0.29, 0.717) is 12.8 Å². The first-order chi connectivity index (χ1) is 8.46. The van der Waals surface area contributed by atoms with Crippen LogP contribution in [0, 0.1) is 5.41 Å². The molecule has 0 aliphatic heterocycles. The van der Waals surface area contributed by atoms with Crippen molar-refractivity contribution < 1.29 is 18.3 Å². The number of aliphatic carboxylic acids is 1. The van der Waals surface area contributed by atoms with Crippen LogP contribution in [0.1, 0.15) is 53.9 Å². The van der Waals surface area contributed by atoms with Crippen LogP contribution < -0.4 is 0 Å². The summed E-state index contributed by atoms with van der Waals surface area (Å²) in [5.41, 5.74) is -0.0310. The van der Waals surface area contributed by atoms with E-state index in [-0.39, 0.29) is 30.2 Å². The van der Waals surface area contributed by atoms with E-state index in [4.69, 9.17) is 5.11 Å². The molecular weight excluding hydrogens is 266 g/mol. The van der Waals surface area contributed by atoms with Gasteiger partial charge in [0.15, 0.2) is 0 Å². The highest BCUT2D eigenvalue weighted by Gasteiger charge is 2.26. The Bertz CT molecular complexity index is 382. The molecule has 0 amide bonds. The zero-order valence-electron chi connectivity index (χ0n) is 12.6. The van der Waals surface area contributed by atoms with Crippen molar-refractivity contribution in [2.24, 2.45) is 5.41 Å². The Balaban J connectivity index is 4.63. The molecule has 0 radical (unpaired) electrons. The quantitative estimate of drug-likeness (QED) is 0.745. The first-order valence-electron chi connectivity index (χ1n) is 6.67. The van der Waals surface area contributed by atoms with Gasteiger partial charge < -0.3 is 5.11 Å². The van der Waals surface area contributed by atoms with Crippen molar-refractivity contribution >= 4 is 16.0 Å². The summed E-state index contributed by atoms with van der Waals surface area (Å²) in [4.78, 5) is 10.5. The van der Waals surface area contributed by atoms with Crippen LogP contribution in [0.15, 0.2) is 0 Å². The topological polar surface area (TPSA) is 74.7 Å². The summed E-state index contributed by atoms with van der Waals surface area (Å²) in [7, 11) is -3.31. The van der Waals surface area contributed by atoms with E-state index in [2.05, 4.69) is 0 Å². The Morgan fingerprint density at radius 1 is 1.26 bits per heavy atom. The van der Waals surface area contributed by atoms with Gasteiger partial charge in [-0.3, -0.25) is 4.79 Å². The van der Waals surface area contributed by atoms with E-state index in [9.17, 15) is 13.2 Å². The molecule has 0 saturated heterocycles. The predicted molar refractivity (Wildman–Crippen MR) is 76.6 cm³/mol. The summed E-state index contributed by atoms with van der Waals surface area (Å²) in [6, 6.07) is -0.140. The number of hydrogen-bond acceptors (Lipinski definition) is 3. The van der Waals surface area contributed by atoms with Gasteiger partial charge in [-0.25, -0.2) is 8.42 Å². The van der Waals surface area contributed by atoms with Crippen LogP contribution in [-0.2, 0) is 14.8 Å². The fourth-order valence-corrected chi connectivity index (χ4v) is 3.81. The van der Waals surface area contributed by atoms with E-state index in [1.54, 1.807) is 0 Å². The highest BCUT2D eigenvalue weighted by atomic mass is 32.2. The number of rotatable bonds is 8. The molecule has 0 spiro atoms. The molecule has 0 heterocycles. The zero-order chi connectivity index (χ0) is 15.3. The zero-order valence-corrected chi connectivity index (χ0v) is 13.5. The summed E-state index contributed by atoms with van der Waals surface area (Å²) in [5, 5.41) is 8.61. The third kappa shape index (κ3) is 8.21. The van der Waals surface area contributed by atoms with Crippen LogP contribution in [0.25, 0.3) is 0 Å². The van der Waals surface area contributed by atoms with Gasteiger partial charge in [0.1, 0.15) is 0 Å². The highest BCUT2D eigenvalue weighted by Crippen LogP contribution is 2.21. The molecule has 19 heavy (non-hydrogen) atoms. The predicted octanol–water partition coefficient (Wildman–Crippen LogP) is 2.33. The number of carboxylic acids is 1. The van der Waals surface area contributed by atoms with Crippen molar-refractivity contribution in [2.45, 2.75) is 59.9 Å². The lowest BCUT2D eigenvalue weighted by molar-refractivity contribution is -0.137. The average molecular weight is 293 g/mol. The summed E-state index contributed by atoms with van der Waals surface area (Å²) in [5.74, 6) is -0.780. The molecular formula is C13H27NO4S. The molecule has 0 fully saturated rings. The van der Waals surface area contributed by atoms with Crippen molar-refractivity contribution in [3.8, 4) is 0 Å². The van der Waals surface area contributed by atoms with Gasteiger partial charge in [0.2, 0.25) is 10.0 Å². The minimum Gasteiger partial charge on any atom is -0.481 e. The van der Waals surface area contributed by atoms with Gasteiger partial charge in [-0.2, -0.15) is 4.31 Å². The molecule has 0 saturated carbocycles. The molecule has 114 valence electrons. The maximum Gasteiger partial charge on any atom is 0.303 e. The molecule has 0 atom stereocenters. The lowest BCUT2D eigenvalue weighted by Gasteiger charge is -2.27. The lowest BCUT2D eigenvalue weighted by Crippen LogP contribution is -2.40. The first kappa shape index (κ1) is 18.4. The second kappa shape index (κ2) is 7.24. The molecule has 0 bridgehead atoms. The smallest absolute Gasteiger partial charge is 0.303 e. The Morgan fingerprint density at radius 3 is 2.16 bits per heavy atom. The second-order valence-corrected chi connectivity index (χ2v) is 8.37. The van der Waals surface area contributed by atoms with Gasteiger partial charge in [0.05, 0.1) is 5.75 Å². The van der Waals surface area contributed by atoms with Gasteiger partial charge in [-0.15, -0.1) is 0 Å². The normalized spacial score (nSPS) is 13.2. The molecule has 0 aromatic heterocycles. The Hall–Kier alpha value is -0.620. The van der Waals surface area contributed by atoms with E-state index >= 15 is 0 Å². The molecule has 5 nitrogen and oxygen atoms in total. The molecule has 0 aromatic rings. The van der Waals surface area contributed by atoms with E-state index in [1.807, 2.05) is 34.6 Å². The van der Waals surface area contributed by atoms with Crippen molar-refractivity contribution in [3.05, 3.63) is 0 Å². The molecule has 0 rings (SSSR count). The van der Waals surface area contributed by atoms with Crippen LogP contribution >= 0.6 is 0 Å². The van der Waals surface area contributed by atoms with Crippen molar-refractivity contribution in [2.75, 3.05) is 12.3 Å². The van der Waals surface area contributed by atoms with E-state index in [0.717, 1.165) is 0 Å². The number of hydrogen-bond donors (Lipinski definition) is 1. The standard InChI is InChI=1S/C13H27NO4S/c1-11(2)14(9-6-7-12(15)16)19(17,18)10-8-13(3,4)5/h11H,6-10H2,1-5H3,(H,15,16). The third-order valence-electron chi connectivity index (χ3n) is 2.81. The Labute approximate surface area is 117 Å². The number of nitrogens with zero attached hydrogens (tertiary/aromatic N) is 1. The summed E-state index contributed by atoms with van der Waals surface area (Å²) >= 11 is 0. The van der Waals surface area contributed by atoms with Crippen molar-refractivity contribution in [1.82, 2.24) is 4.31 Å². The Morgan fingerprint density at radius 2 is 1.79 bits per heavy atom. The number of sulfonamides is 1. The lowest BCUT2D eigenvalue weighted by atomic mass is 9.94. The minimum absolute atomic E-state index is 0.00197. The van der Waals surface area contributed by atoms with E-state index < -0.39 is 16.0 Å². The fraction of sp³-hybridized carbons (Fsp3) is 0.923. The number of carbonyl (C=O) groups is 1. The second-order valence-electron chi connectivity index (χ2n) is 6.33. The summed E-state index contributed by atoms with van der Waals surface area (Å²) in [6.45, 7) is 9.92. The molecule has 1 N–H and O–H groups in total. The first-order valence-corrected chi connectivity index (χ1v) is 8.28. The third-order valence-corrected chi connectivity index (χ3v) is 4.85. The summed E-state index contributed by atoms with van der Waals surface area (Å²) < 4.78 is 26.0. The Kier molecular flexibility index (Phi) is 7.00. The molecule has 0 aliphatic carbocycles. The minimum atomic E-state index is -3.31. The fourth-order valence-electron chi connectivity index (χ4n) is 1.66. The van der Waals surface area contributed by atoms with Gasteiger partial charge in [0.25, 0.3) is 0 Å². The van der Waals surface area contributed by atoms with Gasteiger partial charge in [-0.05, 0) is 32.1 Å². The largest absolute Gasteiger partial charge is 0.481 e. The summed E-state index contributed by atoms with van der Waals surface area (Å²) in [6.07, 6.45) is 0.942. The maximum absolute atomic E-state index is 12.3. The van der Waals surface area contributed by atoms with Crippen LogP contribution in [-0.4, -0.2) is 42.1 Å². The van der Waals surface area contributed by atoms with Crippen LogP contribution in [0.2, 0.25) is 0 Å².